The Morgan fingerprint density at radius 1 is 0.941 bits per heavy atom. The molecule has 34 heavy (non-hydrogen) atoms. The first-order valence-electron chi connectivity index (χ1n) is 10.5. The zero-order valence-corrected chi connectivity index (χ0v) is 19.7. The molecule has 5 heterocycles. The molecule has 0 amide bonds. The quantitative estimate of drug-likeness (QED) is 0.336. The first-order chi connectivity index (χ1) is 16.6. The van der Waals surface area contributed by atoms with Crippen molar-refractivity contribution in [3.8, 4) is 23.4 Å². The van der Waals surface area contributed by atoms with E-state index in [9.17, 15) is 0 Å². The average Bonchev–Trinajstić information content (AvgIpc) is 3.38. The van der Waals surface area contributed by atoms with Gasteiger partial charge in [-0.2, -0.15) is 9.97 Å². The molecule has 0 fully saturated rings. The Labute approximate surface area is 201 Å². The van der Waals surface area contributed by atoms with Crippen LogP contribution >= 0.6 is 15.9 Å². The first-order valence-corrected chi connectivity index (χ1v) is 11.3. The van der Waals surface area contributed by atoms with Crippen molar-refractivity contribution in [2.75, 3.05) is 0 Å². The number of aryl methyl sites for hydroxylation is 2. The van der Waals surface area contributed by atoms with Crippen LogP contribution in [0.15, 0.2) is 53.7 Å². The molecule has 0 aliphatic rings. The molecule has 6 aromatic rings. The minimum Gasteiger partial charge on any atom is -0.436 e. The number of ether oxygens (including phenoxy) is 2. The Morgan fingerprint density at radius 2 is 1.76 bits per heavy atom. The predicted octanol–water partition coefficient (Wildman–Crippen LogP) is 5.09. The number of benzene rings is 1. The molecule has 0 aliphatic carbocycles. The third kappa shape index (κ3) is 3.50. The van der Waals surface area contributed by atoms with Crippen molar-refractivity contribution in [1.82, 2.24) is 39.5 Å². The largest absolute Gasteiger partial charge is 0.436 e. The number of halogens is 1. The maximum atomic E-state index is 6.18. The molecule has 0 aliphatic heterocycles. The number of hydrogen-bond donors (Lipinski definition) is 1. The minimum absolute atomic E-state index is 0.133. The summed E-state index contributed by atoms with van der Waals surface area (Å²) in [6.07, 6.45) is 7.41. The van der Waals surface area contributed by atoms with Crippen molar-refractivity contribution < 1.29 is 9.47 Å². The number of H-pyrrole nitrogens is 1. The maximum Gasteiger partial charge on any atom is 0.327 e. The number of hydrogen-bond acceptors (Lipinski definition) is 8. The van der Waals surface area contributed by atoms with Gasteiger partial charge in [0.25, 0.3) is 0 Å². The van der Waals surface area contributed by atoms with Crippen LogP contribution in [0.1, 0.15) is 12.6 Å². The van der Waals surface area contributed by atoms with Gasteiger partial charge < -0.3 is 19.0 Å². The average molecular weight is 517 g/mol. The number of fused-ring (bicyclic) bond motifs is 3. The van der Waals surface area contributed by atoms with Gasteiger partial charge in [0.15, 0.2) is 5.65 Å². The van der Waals surface area contributed by atoms with E-state index in [2.05, 4.69) is 57.7 Å². The third-order valence-corrected chi connectivity index (χ3v) is 6.23. The molecule has 0 radical (unpaired) electrons. The van der Waals surface area contributed by atoms with Gasteiger partial charge in [-0.1, -0.05) is 6.92 Å². The van der Waals surface area contributed by atoms with Crippen LogP contribution in [0.4, 0.5) is 0 Å². The summed E-state index contributed by atoms with van der Waals surface area (Å²) in [7, 11) is 1.89. The predicted molar refractivity (Wildman–Crippen MR) is 129 cm³/mol. The van der Waals surface area contributed by atoms with E-state index < -0.39 is 0 Å². The fourth-order valence-electron chi connectivity index (χ4n) is 3.70. The lowest BCUT2D eigenvalue weighted by molar-refractivity contribution is 0.417. The molecule has 1 N–H and O–H groups in total. The lowest BCUT2D eigenvalue weighted by Gasteiger charge is -2.09. The van der Waals surface area contributed by atoms with Crippen LogP contribution in [0.5, 0.6) is 23.4 Å². The zero-order chi connectivity index (χ0) is 23.2. The van der Waals surface area contributed by atoms with Gasteiger partial charge in [0, 0.05) is 37.3 Å². The summed E-state index contributed by atoms with van der Waals surface area (Å²) in [5.74, 6) is 1.38. The number of imidazole rings is 1. The SMILES string of the molecule is CCc1[nH]c2nc(Oc3ccc4nccnc4c3)nc(Oc3cnc4c(c3)ncn4C)c2c1Br. The highest BCUT2D eigenvalue weighted by Gasteiger charge is 2.20. The van der Waals surface area contributed by atoms with Gasteiger partial charge in [-0.05, 0) is 34.5 Å². The fraction of sp³-hybridized carbons (Fsp3) is 0.130. The van der Waals surface area contributed by atoms with E-state index in [1.807, 2.05) is 23.7 Å². The summed E-state index contributed by atoms with van der Waals surface area (Å²) in [6, 6.07) is 7.37. The van der Waals surface area contributed by atoms with Gasteiger partial charge in [-0.3, -0.25) is 9.97 Å². The van der Waals surface area contributed by atoms with Crippen molar-refractivity contribution in [2.45, 2.75) is 13.3 Å². The molecule has 0 bridgehead atoms. The Balaban J connectivity index is 1.43. The van der Waals surface area contributed by atoms with E-state index in [1.165, 1.54) is 0 Å². The Kier molecular flexibility index (Phi) is 4.84. The van der Waals surface area contributed by atoms with Crippen LogP contribution in [0.25, 0.3) is 33.2 Å². The van der Waals surface area contributed by atoms with Gasteiger partial charge in [0.1, 0.15) is 22.7 Å². The van der Waals surface area contributed by atoms with Crippen molar-refractivity contribution >= 4 is 49.2 Å². The summed E-state index contributed by atoms with van der Waals surface area (Å²) >= 11 is 3.66. The number of rotatable bonds is 5. The van der Waals surface area contributed by atoms with Crippen LogP contribution in [-0.2, 0) is 13.5 Å². The summed E-state index contributed by atoms with van der Waals surface area (Å²) in [6.45, 7) is 2.05. The molecular formula is C23H17BrN8O2. The molecule has 0 saturated carbocycles. The van der Waals surface area contributed by atoms with Gasteiger partial charge in [0.2, 0.25) is 5.88 Å². The van der Waals surface area contributed by atoms with Crippen molar-refractivity contribution in [2.24, 2.45) is 7.05 Å². The second-order valence-electron chi connectivity index (χ2n) is 7.59. The van der Waals surface area contributed by atoms with Gasteiger partial charge in [0.05, 0.1) is 33.4 Å². The highest BCUT2D eigenvalue weighted by molar-refractivity contribution is 9.10. The Morgan fingerprint density at radius 3 is 2.62 bits per heavy atom. The second-order valence-corrected chi connectivity index (χ2v) is 8.38. The number of nitrogens with zero attached hydrogens (tertiary/aromatic N) is 7. The number of nitrogens with one attached hydrogen (secondary N) is 1. The lowest BCUT2D eigenvalue weighted by Crippen LogP contribution is -1.97. The van der Waals surface area contributed by atoms with Crippen LogP contribution in [0, 0.1) is 0 Å². The van der Waals surface area contributed by atoms with E-state index in [4.69, 9.17) is 9.47 Å². The molecule has 0 unspecified atom stereocenters. The molecule has 168 valence electrons. The van der Waals surface area contributed by atoms with E-state index >= 15 is 0 Å². The van der Waals surface area contributed by atoms with Crippen LogP contribution in [0.2, 0.25) is 0 Å². The smallest absolute Gasteiger partial charge is 0.327 e. The molecule has 0 atom stereocenters. The molecular weight excluding hydrogens is 500 g/mol. The molecule has 11 heteroatoms. The Hall–Kier alpha value is -4.12. The van der Waals surface area contributed by atoms with Crippen LogP contribution in [0.3, 0.4) is 0 Å². The summed E-state index contributed by atoms with van der Waals surface area (Å²) in [5, 5.41) is 0.717. The highest BCUT2D eigenvalue weighted by Crippen LogP contribution is 2.37. The van der Waals surface area contributed by atoms with Crippen LogP contribution < -0.4 is 9.47 Å². The molecule has 10 nitrogen and oxygen atoms in total. The van der Waals surface area contributed by atoms with Crippen molar-refractivity contribution in [3.05, 3.63) is 59.3 Å². The van der Waals surface area contributed by atoms with Gasteiger partial charge >= 0.3 is 6.01 Å². The van der Waals surface area contributed by atoms with Crippen LogP contribution in [-0.4, -0.2) is 39.5 Å². The van der Waals surface area contributed by atoms with Gasteiger partial charge in [-0.15, -0.1) is 0 Å². The third-order valence-electron chi connectivity index (χ3n) is 5.35. The van der Waals surface area contributed by atoms with Gasteiger partial charge in [-0.25, -0.2) is 9.97 Å². The molecule has 1 aromatic carbocycles. The second kappa shape index (κ2) is 8.03. The zero-order valence-electron chi connectivity index (χ0n) is 18.2. The highest BCUT2D eigenvalue weighted by atomic mass is 79.9. The molecule has 0 spiro atoms. The number of aromatic nitrogens is 8. The minimum atomic E-state index is 0.133. The summed E-state index contributed by atoms with van der Waals surface area (Å²) in [4.78, 5) is 29.9. The maximum absolute atomic E-state index is 6.18. The van der Waals surface area contributed by atoms with Crippen molar-refractivity contribution in [3.63, 3.8) is 0 Å². The van der Waals surface area contributed by atoms with E-state index in [0.717, 1.165) is 38.7 Å². The molecule has 0 saturated heterocycles. The monoisotopic (exact) mass is 516 g/mol. The van der Waals surface area contributed by atoms with E-state index in [1.54, 1.807) is 37.1 Å². The standard InChI is InChI=1S/C23H17BrN8O2/c1-3-14-19(24)18-20(29-14)30-23(34-12-4-5-15-16(8-12)26-7-6-25-15)31-22(18)33-13-9-17-21(27-10-13)32(2)11-28-17/h4-11H,3H2,1-2H3,(H,29,30,31). The lowest BCUT2D eigenvalue weighted by atomic mass is 10.3. The molecule has 6 rings (SSSR count). The van der Waals surface area contributed by atoms with E-state index in [0.29, 0.717) is 28.5 Å². The normalized spacial score (nSPS) is 11.5. The molecule has 5 aromatic heterocycles. The topological polar surface area (TPSA) is 117 Å². The summed E-state index contributed by atoms with van der Waals surface area (Å²) < 4.78 is 14.9. The fourth-order valence-corrected chi connectivity index (χ4v) is 4.43. The number of pyridine rings is 1. The summed E-state index contributed by atoms with van der Waals surface area (Å²) in [5.41, 5.74) is 4.54. The Bertz CT molecular complexity index is 1690. The number of aromatic amines is 1. The first kappa shape index (κ1) is 20.5. The van der Waals surface area contributed by atoms with Crippen molar-refractivity contribution in [1.29, 1.82) is 0 Å². The van der Waals surface area contributed by atoms with E-state index in [-0.39, 0.29) is 6.01 Å².